The number of aromatic nitrogens is 6. The van der Waals surface area contributed by atoms with Gasteiger partial charge in [-0.05, 0) is 40.8 Å². The first-order chi connectivity index (χ1) is 10.3. The Morgan fingerprint density at radius 1 is 1.10 bits per heavy atom. The Bertz CT molecular complexity index is 879. The molecule has 0 atom stereocenters. The van der Waals surface area contributed by atoms with Gasteiger partial charge >= 0.3 is 0 Å². The molecule has 4 rings (SSSR count). The fourth-order valence-corrected chi connectivity index (χ4v) is 2.42. The molecular weight excluding hydrogens is 288 g/mol. The number of aromatic amines is 1. The van der Waals surface area contributed by atoms with Gasteiger partial charge in [0, 0.05) is 10.6 Å². The number of halogens is 1. The monoisotopic (exact) mass is 296 g/mol. The van der Waals surface area contributed by atoms with Gasteiger partial charge in [0.1, 0.15) is 12.2 Å². The summed E-state index contributed by atoms with van der Waals surface area (Å²) in [5.74, 6) is 0.726. The number of hydrogen-bond acceptors (Lipinski definition) is 4. The van der Waals surface area contributed by atoms with E-state index >= 15 is 0 Å². The van der Waals surface area contributed by atoms with Crippen LogP contribution in [0.2, 0.25) is 5.02 Å². The van der Waals surface area contributed by atoms with Crippen LogP contribution in [0, 0.1) is 0 Å². The van der Waals surface area contributed by atoms with Crippen molar-refractivity contribution in [1.29, 1.82) is 0 Å². The minimum absolute atomic E-state index is 0.627. The zero-order chi connectivity index (χ0) is 14.2. The molecule has 0 fully saturated rings. The lowest BCUT2D eigenvalue weighted by Crippen LogP contribution is -1.98. The predicted molar refractivity (Wildman–Crippen MR) is 79.3 cm³/mol. The maximum Gasteiger partial charge on any atom is 0.143 e. The van der Waals surface area contributed by atoms with E-state index in [1.165, 1.54) is 6.33 Å². The SMILES string of the molecule is Clc1ccc(-n2cnnn2)c(-c2nc3ccccc3[nH]2)c1. The van der Waals surface area contributed by atoms with Crippen LogP contribution in [0.5, 0.6) is 0 Å². The van der Waals surface area contributed by atoms with Crippen LogP contribution in [0.3, 0.4) is 0 Å². The molecule has 0 saturated heterocycles. The molecule has 0 saturated carbocycles. The van der Waals surface area contributed by atoms with Crippen LogP contribution in [-0.2, 0) is 0 Å². The van der Waals surface area contributed by atoms with E-state index in [0.717, 1.165) is 28.1 Å². The van der Waals surface area contributed by atoms with Gasteiger partial charge in [0.05, 0.1) is 16.7 Å². The second-order valence-corrected chi connectivity index (χ2v) is 4.95. The maximum atomic E-state index is 6.12. The number of nitrogens with zero attached hydrogens (tertiary/aromatic N) is 5. The lowest BCUT2D eigenvalue weighted by Gasteiger charge is -2.06. The van der Waals surface area contributed by atoms with Crippen molar-refractivity contribution in [1.82, 2.24) is 30.2 Å². The summed E-state index contributed by atoms with van der Waals surface area (Å²) in [7, 11) is 0. The Kier molecular flexibility index (Phi) is 2.68. The zero-order valence-electron chi connectivity index (χ0n) is 10.7. The number of imidazole rings is 1. The largest absolute Gasteiger partial charge is 0.338 e. The van der Waals surface area contributed by atoms with Crippen LogP contribution in [-0.4, -0.2) is 30.2 Å². The average Bonchev–Trinajstić information content (AvgIpc) is 3.16. The molecule has 2 aromatic carbocycles. The Morgan fingerprint density at radius 3 is 2.81 bits per heavy atom. The van der Waals surface area contributed by atoms with Gasteiger partial charge in [-0.25, -0.2) is 4.98 Å². The fourth-order valence-electron chi connectivity index (χ4n) is 2.25. The van der Waals surface area contributed by atoms with Crippen LogP contribution in [0.25, 0.3) is 28.1 Å². The Morgan fingerprint density at radius 2 is 2.00 bits per heavy atom. The van der Waals surface area contributed by atoms with E-state index in [4.69, 9.17) is 11.6 Å². The topological polar surface area (TPSA) is 72.3 Å². The summed E-state index contributed by atoms with van der Waals surface area (Å²) >= 11 is 6.12. The first kappa shape index (κ1) is 12.0. The second kappa shape index (κ2) is 4.68. The third-order valence-electron chi connectivity index (χ3n) is 3.20. The molecule has 0 aliphatic heterocycles. The van der Waals surface area contributed by atoms with Gasteiger partial charge < -0.3 is 4.98 Å². The van der Waals surface area contributed by atoms with E-state index in [-0.39, 0.29) is 0 Å². The third-order valence-corrected chi connectivity index (χ3v) is 3.43. The summed E-state index contributed by atoms with van der Waals surface area (Å²) in [6.07, 6.45) is 1.54. The van der Waals surface area contributed by atoms with E-state index in [1.807, 2.05) is 36.4 Å². The molecule has 0 radical (unpaired) electrons. The second-order valence-electron chi connectivity index (χ2n) is 4.52. The van der Waals surface area contributed by atoms with Crippen molar-refractivity contribution in [2.24, 2.45) is 0 Å². The smallest absolute Gasteiger partial charge is 0.143 e. The maximum absolute atomic E-state index is 6.12. The first-order valence-electron chi connectivity index (χ1n) is 6.29. The lowest BCUT2D eigenvalue weighted by molar-refractivity contribution is 0.789. The number of H-pyrrole nitrogens is 1. The van der Waals surface area contributed by atoms with E-state index < -0.39 is 0 Å². The third kappa shape index (κ3) is 2.05. The van der Waals surface area contributed by atoms with Crippen LogP contribution >= 0.6 is 11.6 Å². The zero-order valence-corrected chi connectivity index (χ0v) is 11.5. The summed E-state index contributed by atoms with van der Waals surface area (Å²) < 4.78 is 1.58. The van der Waals surface area contributed by atoms with Gasteiger partial charge in [-0.3, -0.25) is 0 Å². The van der Waals surface area contributed by atoms with Gasteiger partial charge in [-0.1, -0.05) is 23.7 Å². The molecule has 102 valence electrons. The minimum atomic E-state index is 0.627. The summed E-state index contributed by atoms with van der Waals surface area (Å²) in [4.78, 5) is 7.89. The Labute approximate surface area is 124 Å². The number of hydrogen-bond donors (Lipinski definition) is 1. The molecule has 2 aromatic heterocycles. The fraction of sp³-hybridized carbons (Fsp3) is 0. The number of para-hydroxylation sites is 2. The lowest BCUT2D eigenvalue weighted by atomic mass is 10.1. The van der Waals surface area contributed by atoms with Crippen molar-refractivity contribution in [3.63, 3.8) is 0 Å². The molecule has 0 amide bonds. The van der Waals surface area contributed by atoms with Crippen molar-refractivity contribution in [3.05, 3.63) is 53.8 Å². The summed E-state index contributed by atoms with van der Waals surface area (Å²) in [5.41, 5.74) is 3.51. The average molecular weight is 297 g/mol. The molecular formula is C14H9ClN6. The molecule has 1 N–H and O–H groups in total. The van der Waals surface area contributed by atoms with Crippen LogP contribution in [0.15, 0.2) is 48.8 Å². The van der Waals surface area contributed by atoms with E-state index in [9.17, 15) is 0 Å². The molecule has 0 spiro atoms. The van der Waals surface area contributed by atoms with Crippen molar-refractivity contribution in [3.8, 4) is 17.1 Å². The molecule has 0 bridgehead atoms. The molecule has 0 aliphatic carbocycles. The van der Waals surface area contributed by atoms with Gasteiger partial charge in [0.15, 0.2) is 0 Å². The molecule has 0 aliphatic rings. The molecule has 0 unspecified atom stereocenters. The normalized spacial score (nSPS) is 11.1. The van der Waals surface area contributed by atoms with Crippen LogP contribution < -0.4 is 0 Å². The molecule has 6 nitrogen and oxygen atoms in total. The van der Waals surface area contributed by atoms with Crippen molar-refractivity contribution in [2.75, 3.05) is 0 Å². The summed E-state index contributed by atoms with van der Waals surface area (Å²) in [6.45, 7) is 0. The molecule has 4 aromatic rings. The van der Waals surface area contributed by atoms with E-state index in [1.54, 1.807) is 10.7 Å². The van der Waals surface area contributed by atoms with Crippen LogP contribution in [0.4, 0.5) is 0 Å². The van der Waals surface area contributed by atoms with Gasteiger partial charge in [-0.2, -0.15) is 4.68 Å². The van der Waals surface area contributed by atoms with Crippen molar-refractivity contribution in [2.45, 2.75) is 0 Å². The number of nitrogens with one attached hydrogen (secondary N) is 1. The molecule has 2 heterocycles. The Balaban J connectivity index is 1.96. The van der Waals surface area contributed by atoms with Gasteiger partial charge in [0.2, 0.25) is 0 Å². The molecule has 21 heavy (non-hydrogen) atoms. The number of rotatable bonds is 2. The molecule has 7 heteroatoms. The predicted octanol–water partition coefficient (Wildman–Crippen LogP) is 2.86. The highest BCUT2D eigenvalue weighted by atomic mass is 35.5. The Hall–Kier alpha value is -2.73. The number of fused-ring (bicyclic) bond motifs is 1. The highest BCUT2D eigenvalue weighted by Gasteiger charge is 2.13. The summed E-state index contributed by atoms with van der Waals surface area (Å²) in [5, 5.41) is 11.9. The van der Waals surface area contributed by atoms with Crippen molar-refractivity contribution < 1.29 is 0 Å². The van der Waals surface area contributed by atoms with E-state index in [0.29, 0.717) is 5.02 Å². The number of benzene rings is 2. The highest BCUT2D eigenvalue weighted by Crippen LogP contribution is 2.28. The van der Waals surface area contributed by atoms with Crippen molar-refractivity contribution >= 4 is 22.6 Å². The van der Waals surface area contributed by atoms with Crippen LogP contribution in [0.1, 0.15) is 0 Å². The minimum Gasteiger partial charge on any atom is -0.338 e. The highest BCUT2D eigenvalue weighted by molar-refractivity contribution is 6.31. The van der Waals surface area contributed by atoms with Gasteiger partial charge in [-0.15, -0.1) is 5.10 Å². The standard InChI is InChI=1S/C14H9ClN6/c15-9-5-6-13(21-8-16-19-20-21)10(7-9)14-17-11-3-1-2-4-12(11)18-14/h1-8H,(H,17,18). The first-order valence-corrected chi connectivity index (χ1v) is 6.67. The van der Waals surface area contributed by atoms with Gasteiger partial charge in [0.25, 0.3) is 0 Å². The summed E-state index contributed by atoms with van der Waals surface area (Å²) in [6, 6.07) is 13.4. The number of tetrazole rings is 1. The van der Waals surface area contributed by atoms with E-state index in [2.05, 4.69) is 25.5 Å². The quantitative estimate of drug-likeness (QED) is 0.617.